The summed E-state index contributed by atoms with van der Waals surface area (Å²) < 4.78 is 1.91. The van der Waals surface area contributed by atoms with Crippen LogP contribution in [0, 0.1) is 12.0 Å². The van der Waals surface area contributed by atoms with Gasteiger partial charge in [0.15, 0.2) is 0 Å². The van der Waals surface area contributed by atoms with Gasteiger partial charge in [-0.05, 0) is 30.0 Å². The minimum absolute atomic E-state index is 0.889. The number of nitrogens with zero attached hydrogens (tertiary/aromatic N) is 2. The van der Waals surface area contributed by atoms with Crippen LogP contribution >= 0.6 is 0 Å². The highest BCUT2D eigenvalue weighted by Gasteiger charge is 2.01. The number of rotatable bonds is 3. The van der Waals surface area contributed by atoms with Crippen LogP contribution in [0.4, 0.5) is 0 Å². The van der Waals surface area contributed by atoms with Gasteiger partial charge < -0.3 is 0 Å². The molecule has 0 aliphatic carbocycles. The highest BCUT2D eigenvalue weighted by atomic mass is 15.0. The third kappa shape index (κ3) is 3.61. The molecule has 21 heavy (non-hydrogen) atoms. The molecule has 0 aliphatic heterocycles. The van der Waals surface area contributed by atoms with E-state index in [4.69, 9.17) is 0 Å². The largest absolute Gasteiger partial charge is 0.262 e. The molecule has 0 saturated heterocycles. The second-order valence-electron chi connectivity index (χ2n) is 4.80. The summed E-state index contributed by atoms with van der Waals surface area (Å²) >= 11 is 0. The smallest absolute Gasteiger partial charge is 0.120 e. The van der Waals surface area contributed by atoms with Crippen LogP contribution in [-0.4, -0.2) is 9.55 Å². The molecule has 0 atom stereocenters. The van der Waals surface area contributed by atoms with Crippen LogP contribution in [-0.2, 0) is 12.8 Å². The molecule has 3 rings (SSSR count). The molecule has 0 amide bonds. The van der Waals surface area contributed by atoms with Crippen molar-refractivity contribution < 1.29 is 0 Å². The molecule has 3 aromatic rings. The maximum absolute atomic E-state index is 4.40. The fraction of sp³-hybridized carbons (Fsp3) is 0.105. The molecule has 1 aromatic heterocycles. The van der Waals surface area contributed by atoms with Gasteiger partial charge in [0.25, 0.3) is 0 Å². The molecule has 0 fully saturated rings. The molecule has 0 spiro atoms. The number of imidazole rings is 1. The monoisotopic (exact) mass is 272 g/mol. The molecule has 102 valence electrons. The van der Waals surface area contributed by atoms with Gasteiger partial charge in [-0.15, -0.1) is 0 Å². The Kier molecular flexibility index (Phi) is 4.14. The first-order valence-electron chi connectivity index (χ1n) is 7.05. The van der Waals surface area contributed by atoms with E-state index in [0.717, 1.165) is 24.2 Å². The van der Waals surface area contributed by atoms with E-state index in [9.17, 15) is 0 Å². The number of aromatic nitrogens is 2. The van der Waals surface area contributed by atoms with Gasteiger partial charge in [-0.25, -0.2) is 4.98 Å². The minimum Gasteiger partial charge on any atom is -0.262 e. The number of hydrogen-bond donors (Lipinski definition) is 0. The van der Waals surface area contributed by atoms with Crippen molar-refractivity contribution in [2.75, 3.05) is 0 Å². The Hall–Kier alpha value is -2.79. The molecule has 0 saturated carbocycles. The first kappa shape index (κ1) is 13.2. The second kappa shape index (κ2) is 6.58. The summed E-state index contributed by atoms with van der Waals surface area (Å²) in [5.41, 5.74) is 2.34. The third-order valence-corrected chi connectivity index (χ3v) is 3.29. The van der Waals surface area contributed by atoms with Crippen molar-refractivity contribution in [1.29, 1.82) is 0 Å². The highest BCUT2D eigenvalue weighted by molar-refractivity contribution is 5.34. The lowest BCUT2D eigenvalue weighted by Crippen LogP contribution is -2.00. The molecule has 0 bridgehead atoms. The molecule has 1 heterocycles. The van der Waals surface area contributed by atoms with Crippen LogP contribution < -0.4 is 0 Å². The van der Waals surface area contributed by atoms with Crippen molar-refractivity contribution in [3.05, 3.63) is 90.0 Å². The fourth-order valence-electron chi connectivity index (χ4n) is 2.17. The van der Waals surface area contributed by atoms with E-state index in [1.54, 1.807) is 6.20 Å². The van der Waals surface area contributed by atoms with Crippen LogP contribution in [0.2, 0.25) is 0 Å². The summed E-state index contributed by atoms with van der Waals surface area (Å²) in [4.78, 5) is 4.40. The van der Waals surface area contributed by atoms with E-state index >= 15 is 0 Å². The SMILES string of the molecule is C(#Cn1ccnc1CCc1ccccc1)c1ccccc1. The maximum Gasteiger partial charge on any atom is 0.120 e. The number of benzene rings is 2. The van der Waals surface area contributed by atoms with Crippen molar-refractivity contribution in [2.45, 2.75) is 12.8 Å². The third-order valence-electron chi connectivity index (χ3n) is 3.29. The van der Waals surface area contributed by atoms with E-state index < -0.39 is 0 Å². The van der Waals surface area contributed by atoms with Gasteiger partial charge in [-0.2, -0.15) is 0 Å². The quantitative estimate of drug-likeness (QED) is 0.667. The predicted molar refractivity (Wildman–Crippen MR) is 84.8 cm³/mol. The second-order valence-corrected chi connectivity index (χ2v) is 4.80. The Morgan fingerprint density at radius 3 is 2.33 bits per heavy atom. The minimum atomic E-state index is 0.889. The lowest BCUT2D eigenvalue weighted by Gasteiger charge is -2.01. The molecular weight excluding hydrogens is 256 g/mol. The Morgan fingerprint density at radius 1 is 0.857 bits per heavy atom. The van der Waals surface area contributed by atoms with Gasteiger partial charge in [-0.1, -0.05) is 48.5 Å². The topological polar surface area (TPSA) is 17.8 Å². The summed E-state index contributed by atoms with van der Waals surface area (Å²) in [7, 11) is 0. The summed E-state index contributed by atoms with van der Waals surface area (Å²) in [5, 5.41) is 0. The first-order valence-corrected chi connectivity index (χ1v) is 7.05. The lowest BCUT2D eigenvalue weighted by atomic mass is 10.1. The summed E-state index contributed by atoms with van der Waals surface area (Å²) in [6.07, 6.45) is 5.58. The van der Waals surface area contributed by atoms with E-state index in [1.165, 1.54) is 5.56 Å². The summed E-state index contributed by atoms with van der Waals surface area (Å²) in [6.45, 7) is 0. The predicted octanol–water partition coefficient (Wildman–Crippen LogP) is 3.53. The van der Waals surface area contributed by atoms with Crippen LogP contribution in [0.25, 0.3) is 0 Å². The molecule has 2 nitrogen and oxygen atoms in total. The van der Waals surface area contributed by atoms with Crippen LogP contribution in [0.1, 0.15) is 17.0 Å². The van der Waals surface area contributed by atoms with Crippen molar-refractivity contribution in [1.82, 2.24) is 9.55 Å². The zero-order chi connectivity index (χ0) is 14.3. The lowest BCUT2D eigenvalue weighted by molar-refractivity contribution is 0.841. The Morgan fingerprint density at radius 2 is 1.57 bits per heavy atom. The van der Waals surface area contributed by atoms with Gasteiger partial charge in [0.05, 0.1) is 0 Å². The molecular formula is C19H16N2. The summed E-state index contributed by atoms with van der Waals surface area (Å²) in [6, 6.07) is 23.6. The average molecular weight is 272 g/mol. The molecule has 0 radical (unpaired) electrons. The highest BCUT2D eigenvalue weighted by Crippen LogP contribution is 2.05. The van der Waals surface area contributed by atoms with Crippen molar-refractivity contribution in [3.8, 4) is 12.0 Å². The van der Waals surface area contributed by atoms with Gasteiger partial charge >= 0.3 is 0 Å². The van der Waals surface area contributed by atoms with Crippen LogP contribution in [0.5, 0.6) is 0 Å². The van der Waals surface area contributed by atoms with Crippen LogP contribution in [0.15, 0.2) is 73.1 Å². The molecule has 2 heteroatoms. The van der Waals surface area contributed by atoms with Gasteiger partial charge in [0.2, 0.25) is 0 Å². The molecule has 0 unspecified atom stereocenters. The zero-order valence-corrected chi connectivity index (χ0v) is 11.7. The standard InChI is InChI=1S/C19H16N2/c1-3-7-17(8-4-1)11-12-19-20-14-16-21(19)15-13-18-9-5-2-6-10-18/h1-10,14,16H,11-12H2. The van der Waals surface area contributed by atoms with E-state index in [-0.39, 0.29) is 0 Å². The van der Waals surface area contributed by atoms with Gasteiger partial charge in [0.1, 0.15) is 5.82 Å². The van der Waals surface area contributed by atoms with Crippen molar-refractivity contribution in [3.63, 3.8) is 0 Å². The van der Waals surface area contributed by atoms with E-state index in [0.29, 0.717) is 0 Å². The van der Waals surface area contributed by atoms with Crippen molar-refractivity contribution in [2.24, 2.45) is 0 Å². The average Bonchev–Trinajstić information content (AvgIpc) is 3.00. The molecule has 0 aliphatic rings. The van der Waals surface area contributed by atoms with Crippen LogP contribution in [0.3, 0.4) is 0 Å². The van der Waals surface area contributed by atoms with Crippen molar-refractivity contribution >= 4 is 0 Å². The van der Waals surface area contributed by atoms with E-state index in [1.807, 2.05) is 47.2 Å². The number of aryl methyl sites for hydroxylation is 2. The Bertz CT molecular complexity index is 746. The van der Waals surface area contributed by atoms with E-state index in [2.05, 4.69) is 41.2 Å². The first-order chi connectivity index (χ1) is 10.4. The van der Waals surface area contributed by atoms with Gasteiger partial charge in [0, 0.05) is 30.4 Å². The van der Waals surface area contributed by atoms with Gasteiger partial charge in [-0.3, -0.25) is 4.57 Å². The maximum atomic E-state index is 4.40. The fourth-order valence-corrected chi connectivity index (χ4v) is 2.17. The molecule has 0 N–H and O–H groups in total. The molecule has 2 aromatic carbocycles. The number of hydrogen-bond acceptors (Lipinski definition) is 1. The Labute approximate surface area is 125 Å². The zero-order valence-electron chi connectivity index (χ0n) is 11.7. The normalized spacial score (nSPS) is 9.90. The Balaban J connectivity index is 1.71. The summed E-state index contributed by atoms with van der Waals surface area (Å²) in [5.74, 6) is 4.16.